The summed E-state index contributed by atoms with van der Waals surface area (Å²) in [4.78, 5) is 4.21. The van der Waals surface area contributed by atoms with Gasteiger partial charge in [0.05, 0.1) is 12.7 Å². The van der Waals surface area contributed by atoms with Crippen LogP contribution in [0, 0.1) is 17.8 Å². The highest BCUT2D eigenvalue weighted by atomic mass is 16.5. The molecule has 20 heavy (non-hydrogen) atoms. The third-order valence-electron chi connectivity index (χ3n) is 4.44. The molecule has 1 aliphatic rings. The number of nitrogens with one attached hydrogen (secondary N) is 1. The predicted octanol–water partition coefficient (Wildman–Crippen LogP) is 3.34. The third-order valence-corrected chi connectivity index (χ3v) is 4.44. The number of pyridine rings is 1. The van der Waals surface area contributed by atoms with Crippen LogP contribution in [0.15, 0.2) is 18.3 Å². The number of hydrogen-bond acceptors (Lipinski definition) is 4. The number of hydrogen-bond donors (Lipinski definition) is 2. The molecule has 3 unspecified atom stereocenters. The molecular weight excluding hydrogens is 250 g/mol. The quantitative estimate of drug-likeness (QED) is 0.640. The highest BCUT2D eigenvalue weighted by Gasteiger charge is 2.31. The van der Waals surface area contributed by atoms with E-state index >= 15 is 0 Å². The molecule has 0 saturated heterocycles. The second-order valence-electron chi connectivity index (χ2n) is 6.33. The molecule has 1 aromatic rings. The first-order chi connectivity index (χ1) is 9.61. The molecule has 1 fully saturated rings. The van der Waals surface area contributed by atoms with Crippen molar-refractivity contribution >= 4 is 5.82 Å². The Labute approximate surface area is 122 Å². The maximum absolute atomic E-state index is 6.22. The monoisotopic (exact) mass is 277 g/mol. The van der Waals surface area contributed by atoms with Crippen LogP contribution in [0.1, 0.15) is 45.6 Å². The second-order valence-corrected chi connectivity index (χ2v) is 6.33. The zero-order chi connectivity index (χ0) is 14.5. The van der Waals surface area contributed by atoms with Gasteiger partial charge < -0.3 is 10.2 Å². The normalized spacial score (nSPS) is 26.8. The van der Waals surface area contributed by atoms with Gasteiger partial charge in [0.1, 0.15) is 5.82 Å². The van der Waals surface area contributed by atoms with Crippen molar-refractivity contribution in [2.45, 2.75) is 52.7 Å². The van der Waals surface area contributed by atoms with Crippen molar-refractivity contribution in [3.8, 4) is 0 Å². The van der Waals surface area contributed by atoms with Gasteiger partial charge in [0.25, 0.3) is 0 Å². The molecule has 0 amide bonds. The molecule has 1 saturated carbocycles. The van der Waals surface area contributed by atoms with Crippen LogP contribution in [0.5, 0.6) is 0 Å². The van der Waals surface area contributed by atoms with Gasteiger partial charge in [0.2, 0.25) is 0 Å². The Hall–Kier alpha value is -1.13. The fraction of sp³-hybridized carbons (Fsp3) is 0.688. The largest absolute Gasteiger partial charge is 0.373 e. The van der Waals surface area contributed by atoms with Gasteiger partial charge in [-0.25, -0.2) is 10.8 Å². The summed E-state index contributed by atoms with van der Waals surface area (Å²) in [5, 5.41) is 0. The van der Waals surface area contributed by atoms with Crippen LogP contribution < -0.4 is 11.3 Å². The molecule has 3 N–H and O–H groups in total. The lowest BCUT2D eigenvalue weighted by Gasteiger charge is -2.37. The standard InChI is InChI=1S/C16H27N3O/c1-11(2)14-7-6-12(3)9-15(14)20-10-13-5-4-8-18-16(13)19-17/h4-5,8,11-12,14-15H,6-7,9-10,17H2,1-3H3,(H,18,19). The highest BCUT2D eigenvalue weighted by Crippen LogP contribution is 2.35. The van der Waals surface area contributed by atoms with Gasteiger partial charge in [0, 0.05) is 11.8 Å². The Morgan fingerprint density at radius 2 is 2.25 bits per heavy atom. The molecule has 4 nitrogen and oxygen atoms in total. The Morgan fingerprint density at radius 3 is 2.95 bits per heavy atom. The van der Waals surface area contributed by atoms with Crippen molar-refractivity contribution in [3.63, 3.8) is 0 Å². The minimum absolute atomic E-state index is 0.351. The highest BCUT2D eigenvalue weighted by molar-refractivity contribution is 5.41. The van der Waals surface area contributed by atoms with E-state index in [0.29, 0.717) is 30.4 Å². The SMILES string of the molecule is CC1CCC(C(C)C)C(OCc2cccnc2NN)C1. The molecule has 1 aromatic heterocycles. The number of aromatic nitrogens is 1. The molecule has 1 heterocycles. The van der Waals surface area contributed by atoms with Gasteiger partial charge in [-0.15, -0.1) is 0 Å². The minimum atomic E-state index is 0.351. The zero-order valence-electron chi connectivity index (χ0n) is 12.8. The number of anilines is 1. The van der Waals surface area contributed by atoms with Gasteiger partial charge >= 0.3 is 0 Å². The van der Waals surface area contributed by atoms with E-state index in [9.17, 15) is 0 Å². The average molecular weight is 277 g/mol. The van der Waals surface area contributed by atoms with Crippen LogP contribution in [0.2, 0.25) is 0 Å². The number of nitrogens with zero attached hydrogens (tertiary/aromatic N) is 1. The van der Waals surface area contributed by atoms with Gasteiger partial charge in [0.15, 0.2) is 0 Å². The average Bonchev–Trinajstić information content (AvgIpc) is 2.45. The number of rotatable bonds is 5. The Balaban J connectivity index is 2.00. The van der Waals surface area contributed by atoms with Crippen LogP contribution in [0.4, 0.5) is 5.82 Å². The van der Waals surface area contributed by atoms with Crippen molar-refractivity contribution in [1.29, 1.82) is 0 Å². The van der Waals surface area contributed by atoms with Gasteiger partial charge in [-0.05, 0) is 36.7 Å². The summed E-state index contributed by atoms with van der Waals surface area (Å²) in [7, 11) is 0. The molecule has 0 radical (unpaired) electrons. The molecule has 112 valence electrons. The minimum Gasteiger partial charge on any atom is -0.373 e. The lowest BCUT2D eigenvalue weighted by atomic mass is 9.75. The lowest BCUT2D eigenvalue weighted by molar-refractivity contribution is -0.0471. The second kappa shape index (κ2) is 7.04. The first kappa shape index (κ1) is 15.3. The summed E-state index contributed by atoms with van der Waals surface area (Å²) in [5.74, 6) is 8.29. The smallest absolute Gasteiger partial charge is 0.145 e. The molecule has 0 bridgehead atoms. The summed E-state index contributed by atoms with van der Waals surface area (Å²) in [6.45, 7) is 7.50. The van der Waals surface area contributed by atoms with Crippen LogP contribution in [0.25, 0.3) is 0 Å². The summed E-state index contributed by atoms with van der Waals surface area (Å²) < 4.78 is 6.22. The third kappa shape index (κ3) is 3.70. The summed E-state index contributed by atoms with van der Waals surface area (Å²) in [6.07, 6.45) is 5.85. The predicted molar refractivity (Wildman–Crippen MR) is 82.0 cm³/mol. The van der Waals surface area contributed by atoms with E-state index in [0.717, 1.165) is 17.9 Å². The molecule has 3 atom stereocenters. The van der Waals surface area contributed by atoms with Gasteiger partial charge in [-0.3, -0.25) is 0 Å². The van der Waals surface area contributed by atoms with E-state index in [4.69, 9.17) is 10.6 Å². The zero-order valence-corrected chi connectivity index (χ0v) is 12.8. The number of ether oxygens (including phenoxy) is 1. The van der Waals surface area contributed by atoms with Crippen LogP contribution >= 0.6 is 0 Å². The van der Waals surface area contributed by atoms with Crippen molar-refractivity contribution < 1.29 is 4.74 Å². The first-order valence-electron chi connectivity index (χ1n) is 7.64. The Morgan fingerprint density at radius 1 is 1.45 bits per heavy atom. The molecule has 0 aliphatic heterocycles. The number of hydrazine groups is 1. The fourth-order valence-electron chi connectivity index (χ4n) is 3.19. The topological polar surface area (TPSA) is 60.2 Å². The molecule has 0 aromatic carbocycles. The fourth-order valence-corrected chi connectivity index (χ4v) is 3.19. The number of nitrogen functional groups attached to an aromatic ring is 1. The van der Waals surface area contributed by atoms with E-state index in [2.05, 4.69) is 31.2 Å². The summed E-state index contributed by atoms with van der Waals surface area (Å²) in [6, 6.07) is 3.93. The van der Waals surface area contributed by atoms with E-state index < -0.39 is 0 Å². The van der Waals surface area contributed by atoms with Crippen molar-refractivity contribution in [3.05, 3.63) is 23.9 Å². The van der Waals surface area contributed by atoms with Crippen molar-refractivity contribution in [2.75, 3.05) is 5.43 Å². The van der Waals surface area contributed by atoms with E-state index in [1.165, 1.54) is 12.8 Å². The maximum Gasteiger partial charge on any atom is 0.145 e. The molecule has 0 spiro atoms. The van der Waals surface area contributed by atoms with Crippen molar-refractivity contribution in [1.82, 2.24) is 4.98 Å². The Kier molecular flexibility index (Phi) is 5.38. The first-order valence-corrected chi connectivity index (χ1v) is 7.64. The lowest BCUT2D eigenvalue weighted by Crippen LogP contribution is -2.34. The van der Waals surface area contributed by atoms with E-state index in [-0.39, 0.29) is 0 Å². The summed E-state index contributed by atoms with van der Waals surface area (Å²) >= 11 is 0. The summed E-state index contributed by atoms with van der Waals surface area (Å²) in [5.41, 5.74) is 3.66. The maximum atomic E-state index is 6.22. The van der Waals surface area contributed by atoms with E-state index in [1.54, 1.807) is 6.20 Å². The van der Waals surface area contributed by atoms with Crippen LogP contribution in [-0.2, 0) is 11.3 Å². The molecule has 1 aliphatic carbocycles. The van der Waals surface area contributed by atoms with Crippen LogP contribution in [0.3, 0.4) is 0 Å². The van der Waals surface area contributed by atoms with Crippen molar-refractivity contribution in [2.24, 2.45) is 23.6 Å². The molecular formula is C16H27N3O. The van der Waals surface area contributed by atoms with Gasteiger partial charge in [-0.1, -0.05) is 33.3 Å². The van der Waals surface area contributed by atoms with E-state index in [1.807, 2.05) is 12.1 Å². The number of nitrogens with two attached hydrogens (primary N) is 1. The Bertz CT molecular complexity index is 422. The van der Waals surface area contributed by atoms with Crippen LogP contribution in [-0.4, -0.2) is 11.1 Å². The van der Waals surface area contributed by atoms with Gasteiger partial charge in [-0.2, -0.15) is 0 Å². The molecule has 4 heteroatoms. The molecule has 2 rings (SSSR count).